The summed E-state index contributed by atoms with van der Waals surface area (Å²) in [4.78, 5) is 26.3. The normalized spacial score (nSPS) is 18.9. The Hall–Kier alpha value is -4.64. The number of aromatic amines is 1. The van der Waals surface area contributed by atoms with Crippen LogP contribution in [0.4, 0.5) is 18.9 Å². The van der Waals surface area contributed by atoms with E-state index in [-0.39, 0.29) is 40.4 Å². The van der Waals surface area contributed by atoms with Crippen molar-refractivity contribution in [1.29, 1.82) is 0 Å². The quantitative estimate of drug-likeness (QED) is 0.103. The molecule has 2 fully saturated rings. The third-order valence-corrected chi connectivity index (χ3v) is 19.3. The fraction of sp³-hybridized carbons (Fsp3) is 0.420. The second kappa shape index (κ2) is 19.9. The highest BCUT2D eigenvalue weighted by molar-refractivity contribution is 7.92. The van der Waals surface area contributed by atoms with Crippen molar-refractivity contribution in [2.24, 2.45) is 11.3 Å². The molecule has 0 radical (unpaired) electrons. The van der Waals surface area contributed by atoms with Gasteiger partial charge >= 0.3 is 5.51 Å². The molecule has 19 heteroatoms. The lowest BCUT2D eigenvalue weighted by atomic mass is 9.72. The Morgan fingerprint density at radius 1 is 0.957 bits per heavy atom. The Labute approximate surface area is 408 Å². The number of amides is 1. The number of pyridine rings is 1. The van der Waals surface area contributed by atoms with Crippen LogP contribution in [0.15, 0.2) is 101 Å². The second-order valence-corrected chi connectivity index (χ2v) is 28.1. The molecular weight excluding hydrogens is 968 g/mol. The SMILES string of the molecule is C=P1(C)CCN(C[C@H](C)Cc2ccc(S(=O)(=O)NC(=O)c3ccc(N4CCN(CC5=C(c6ccc(Cl)cc6)CC(C)(C)CC5)CC4)cc3Oc3cnc4[nH]ccc4c3)cc2S(=O)(=O)C(F)(F)F)CC1. The van der Waals surface area contributed by atoms with Crippen molar-refractivity contribution in [3.05, 3.63) is 112 Å². The summed E-state index contributed by atoms with van der Waals surface area (Å²) >= 11 is 6.24. The zero-order valence-electron chi connectivity index (χ0n) is 39.3. The number of carbonyl (C=O) groups excluding carboxylic acids is 1. The maximum absolute atomic E-state index is 14.2. The van der Waals surface area contributed by atoms with Crippen LogP contribution in [-0.2, 0) is 26.3 Å². The van der Waals surface area contributed by atoms with Gasteiger partial charge in [0.25, 0.3) is 25.8 Å². The van der Waals surface area contributed by atoms with Crippen molar-refractivity contribution >= 4 is 72.8 Å². The number of allylic oxidation sites excluding steroid dienone is 1. The van der Waals surface area contributed by atoms with E-state index in [2.05, 4.69) is 63.6 Å². The van der Waals surface area contributed by atoms with Gasteiger partial charge in [0, 0.05) is 80.7 Å². The van der Waals surface area contributed by atoms with E-state index in [0.29, 0.717) is 36.4 Å². The lowest BCUT2D eigenvalue weighted by Crippen LogP contribution is -2.47. The minimum atomic E-state index is -6.00. The van der Waals surface area contributed by atoms with Crippen LogP contribution in [0.1, 0.15) is 61.5 Å². The molecule has 0 saturated carbocycles. The van der Waals surface area contributed by atoms with Gasteiger partial charge in [-0.3, -0.25) is 9.69 Å². The maximum Gasteiger partial charge on any atom is 0.501 e. The van der Waals surface area contributed by atoms with E-state index < -0.39 is 48.0 Å². The number of sulfone groups is 1. The van der Waals surface area contributed by atoms with Crippen molar-refractivity contribution in [2.45, 2.75) is 61.8 Å². The highest BCUT2D eigenvalue weighted by atomic mass is 35.5. The Morgan fingerprint density at radius 3 is 2.36 bits per heavy atom. The van der Waals surface area contributed by atoms with E-state index in [9.17, 15) is 34.8 Å². The molecule has 69 heavy (non-hydrogen) atoms. The van der Waals surface area contributed by atoms with E-state index in [1.165, 1.54) is 29.0 Å². The van der Waals surface area contributed by atoms with Gasteiger partial charge in [-0.05, 0) is 121 Å². The van der Waals surface area contributed by atoms with Crippen LogP contribution in [-0.4, -0.2) is 126 Å². The van der Waals surface area contributed by atoms with Crippen LogP contribution >= 0.6 is 18.5 Å². The van der Waals surface area contributed by atoms with Crippen LogP contribution < -0.4 is 14.4 Å². The standard InChI is InChI=1S/C50H59ClF3N6O6PS2/c1-34(32-59-22-24-67(4,5)25-23-59)26-36-8-12-42(29-46(36)68(62,63)50(52,53)54)69(64,65)57-48(61)43-13-11-40(28-45(43)66-41-27-37-15-17-55-47(37)56-31-41)60-20-18-58(19-21-60)33-38-14-16-49(2,3)30-44(38)35-6-9-39(51)10-7-35/h6-13,15,17,27-29,31,34H,4,14,16,18-26,30,32-33H2,1-3,5H3,(H,55,56)(H,57,61)/t34-/m1/s1. The van der Waals surface area contributed by atoms with Crippen LogP contribution in [0, 0.1) is 11.3 Å². The van der Waals surface area contributed by atoms with Crippen molar-refractivity contribution < 1.29 is 39.5 Å². The van der Waals surface area contributed by atoms with Crippen molar-refractivity contribution in [3.63, 3.8) is 0 Å². The maximum atomic E-state index is 14.2. The van der Waals surface area contributed by atoms with Gasteiger partial charge in [0.1, 0.15) is 17.1 Å². The molecule has 12 nitrogen and oxygen atoms in total. The Morgan fingerprint density at radius 2 is 1.67 bits per heavy atom. The number of piperazine rings is 1. The summed E-state index contributed by atoms with van der Waals surface area (Å²) in [5.74, 6) is -1.14. The molecule has 0 spiro atoms. The molecule has 2 saturated heterocycles. The molecule has 2 N–H and O–H groups in total. The van der Waals surface area contributed by atoms with Crippen molar-refractivity contribution in [3.8, 4) is 11.5 Å². The van der Waals surface area contributed by atoms with Crippen LogP contribution in [0.25, 0.3) is 16.6 Å². The molecule has 3 aliphatic rings. The first-order valence-electron chi connectivity index (χ1n) is 23.1. The number of alkyl halides is 3. The van der Waals surface area contributed by atoms with E-state index >= 15 is 0 Å². The number of nitrogens with one attached hydrogen (secondary N) is 2. The number of hydrogen-bond acceptors (Lipinski definition) is 10. The fourth-order valence-electron chi connectivity index (χ4n) is 9.51. The smallest absolute Gasteiger partial charge is 0.455 e. The molecule has 5 aromatic rings. The zero-order chi connectivity index (χ0) is 49.5. The van der Waals surface area contributed by atoms with E-state index in [1.807, 2.05) is 23.8 Å². The minimum absolute atomic E-state index is 0.00183. The predicted octanol–water partition coefficient (Wildman–Crippen LogP) is 9.78. The van der Waals surface area contributed by atoms with Gasteiger partial charge in [-0.25, -0.2) is 26.5 Å². The van der Waals surface area contributed by atoms with Crippen molar-refractivity contribution in [1.82, 2.24) is 24.5 Å². The number of H-pyrrole nitrogens is 1. The highest BCUT2D eigenvalue weighted by Crippen LogP contribution is 2.44. The average Bonchev–Trinajstić information content (AvgIpc) is 3.76. The Balaban J connectivity index is 1.03. The van der Waals surface area contributed by atoms with E-state index in [0.717, 1.165) is 87.5 Å². The van der Waals surface area contributed by atoms with Crippen molar-refractivity contribution in [2.75, 3.05) is 76.2 Å². The van der Waals surface area contributed by atoms with E-state index in [1.54, 1.807) is 30.5 Å². The molecule has 0 bridgehead atoms. The van der Waals surface area contributed by atoms with Gasteiger partial charge in [-0.1, -0.05) is 56.1 Å². The molecule has 1 atom stereocenters. The van der Waals surface area contributed by atoms with Gasteiger partial charge in [0.15, 0.2) is 0 Å². The summed E-state index contributed by atoms with van der Waals surface area (Å²) < 4.78 is 105. The predicted molar refractivity (Wildman–Crippen MR) is 271 cm³/mol. The molecule has 0 unspecified atom stereocenters. The largest absolute Gasteiger partial charge is 0.501 e. The average molecular weight is 1030 g/mol. The molecule has 3 aromatic carbocycles. The zero-order valence-corrected chi connectivity index (χ0v) is 42.6. The number of nitrogens with zero attached hydrogens (tertiary/aromatic N) is 4. The number of benzene rings is 3. The summed E-state index contributed by atoms with van der Waals surface area (Å²) in [6.07, 6.45) is 12.4. The van der Waals surface area contributed by atoms with Gasteiger partial charge in [-0.2, -0.15) is 13.2 Å². The van der Waals surface area contributed by atoms with Gasteiger partial charge in [0.2, 0.25) is 0 Å². The summed E-state index contributed by atoms with van der Waals surface area (Å²) in [5, 5.41) is 1.42. The molecule has 1 amide bonds. The minimum Gasteiger partial charge on any atom is -0.455 e. The van der Waals surface area contributed by atoms with Crippen LogP contribution in [0.3, 0.4) is 0 Å². The summed E-state index contributed by atoms with van der Waals surface area (Å²) in [6, 6.07) is 18.9. The fourth-order valence-corrected chi connectivity index (χ4v) is 13.5. The number of aromatic nitrogens is 2. The molecule has 2 aromatic heterocycles. The third-order valence-electron chi connectivity index (χ3n) is 13.6. The first-order chi connectivity index (χ1) is 32.4. The van der Waals surface area contributed by atoms with E-state index in [4.69, 9.17) is 16.3 Å². The molecular formula is C50H59ClF3N6O6PS2. The van der Waals surface area contributed by atoms with Gasteiger partial charge < -0.3 is 19.5 Å². The van der Waals surface area contributed by atoms with Crippen LogP contribution in [0.5, 0.6) is 11.5 Å². The number of hydrogen-bond donors (Lipinski definition) is 2. The molecule has 1 aliphatic carbocycles. The first-order valence-corrected chi connectivity index (χ1v) is 29.2. The lowest BCUT2D eigenvalue weighted by Gasteiger charge is -2.39. The monoisotopic (exact) mass is 1030 g/mol. The second-order valence-electron chi connectivity index (χ2n) is 19.9. The first kappa shape index (κ1) is 50.7. The van der Waals surface area contributed by atoms with Gasteiger partial charge in [0.05, 0.1) is 21.6 Å². The number of carbonyl (C=O) groups is 1. The number of sulfonamides is 1. The van der Waals surface area contributed by atoms with Gasteiger partial charge in [-0.15, -0.1) is 13.2 Å². The summed E-state index contributed by atoms with van der Waals surface area (Å²) in [7, 11) is -10.9. The number of fused-ring (bicyclic) bond motifs is 1. The number of anilines is 1. The molecule has 2 aliphatic heterocycles. The number of rotatable bonds is 14. The van der Waals surface area contributed by atoms with Crippen LogP contribution in [0.2, 0.25) is 5.02 Å². The summed E-state index contributed by atoms with van der Waals surface area (Å²) in [6.45, 7) is 13.1. The molecule has 8 rings (SSSR count). The molecule has 370 valence electrons. The lowest BCUT2D eigenvalue weighted by molar-refractivity contribution is -0.0436. The topological polar surface area (TPSA) is 145 Å². The molecule has 4 heterocycles. The number of halogens is 4. The number of ether oxygens (including phenoxy) is 1. The third kappa shape index (κ3) is 11.9. The Bertz CT molecular complexity index is 3030. The summed E-state index contributed by atoms with van der Waals surface area (Å²) in [5.41, 5.74) is -0.579. The highest BCUT2D eigenvalue weighted by Gasteiger charge is 2.48. The Kier molecular flexibility index (Phi) is 14.6.